The third-order valence-electron chi connectivity index (χ3n) is 5.22. The molecule has 0 unspecified atom stereocenters. The van der Waals surface area contributed by atoms with Crippen LogP contribution in [0.3, 0.4) is 0 Å². The molecule has 4 N–H and O–H groups in total. The van der Waals surface area contributed by atoms with Gasteiger partial charge in [0.25, 0.3) is 0 Å². The largest absolute Gasteiger partial charge is 0.439 e. The first kappa shape index (κ1) is 20.7. The minimum absolute atomic E-state index is 0.293. The number of amides is 1. The molecule has 1 aliphatic rings. The Bertz CT molecular complexity index is 567. The lowest BCUT2D eigenvalue weighted by atomic mass is 9.69. The number of ether oxygens (including phenoxy) is 2. The van der Waals surface area contributed by atoms with E-state index >= 15 is 0 Å². The molecule has 2 atom stereocenters. The molecule has 0 saturated carbocycles. The topological polar surface area (TPSA) is 93.8 Å². The molecular weight excluding hydrogens is 332 g/mol. The summed E-state index contributed by atoms with van der Waals surface area (Å²) in [4.78, 5) is 11.7. The Morgan fingerprint density at radius 3 is 2.46 bits per heavy atom. The number of nitrogens with one attached hydrogen (secondary N) is 1. The highest BCUT2D eigenvalue weighted by molar-refractivity contribution is 5.65. The van der Waals surface area contributed by atoms with Crippen LogP contribution in [0.2, 0.25) is 0 Å². The Hall–Kier alpha value is -1.63. The van der Waals surface area contributed by atoms with Gasteiger partial charge in [0.1, 0.15) is 11.7 Å². The van der Waals surface area contributed by atoms with Crippen LogP contribution in [-0.4, -0.2) is 48.7 Å². The maximum Gasteiger partial charge on any atom is 0.405 e. The van der Waals surface area contributed by atoms with Crippen molar-refractivity contribution in [3.05, 3.63) is 35.9 Å². The smallest absolute Gasteiger partial charge is 0.405 e. The van der Waals surface area contributed by atoms with Crippen LogP contribution in [0.1, 0.15) is 39.2 Å². The summed E-state index contributed by atoms with van der Waals surface area (Å²) in [5, 5.41) is 14.5. The Balaban J connectivity index is 2.22. The van der Waals surface area contributed by atoms with Crippen LogP contribution in [0, 0.1) is 5.41 Å². The normalized spacial score (nSPS) is 19.5. The lowest BCUT2D eigenvalue weighted by molar-refractivity contribution is -0.141. The molecule has 0 bridgehead atoms. The SMILES string of the molecule is CC(C)(C)[C@](Cc1ccccc1)(OC(N)=O)[C@H](O)CNC1CCOCC1. The van der Waals surface area contributed by atoms with E-state index in [0.29, 0.717) is 19.0 Å². The first-order valence-electron chi connectivity index (χ1n) is 9.26. The first-order chi connectivity index (χ1) is 12.2. The van der Waals surface area contributed by atoms with Gasteiger partial charge in [-0.1, -0.05) is 51.1 Å². The van der Waals surface area contributed by atoms with Gasteiger partial charge in [0.15, 0.2) is 0 Å². The zero-order valence-corrected chi connectivity index (χ0v) is 16.0. The van der Waals surface area contributed by atoms with Crippen LogP contribution in [-0.2, 0) is 15.9 Å². The third-order valence-corrected chi connectivity index (χ3v) is 5.22. The Morgan fingerprint density at radius 2 is 1.92 bits per heavy atom. The zero-order valence-electron chi connectivity index (χ0n) is 16.0. The fraction of sp³-hybridized carbons (Fsp3) is 0.650. The third kappa shape index (κ3) is 5.19. The number of primary amides is 1. The lowest BCUT2D eigenvalue weighted by Crippen LogP contribution is -2.61. The summed E-state index contributed by atoms with van der Waals surface area (Å²) in [5.74, 6) is 0. The summed E-state index contributed by atoms with van der Waals surface area (Å²) in [7, 11) is 0. The molecule has 0 aromatic heterocycles. The van der Waals surface area contributed by atoms with Crippen molar-refractivity contribution in [3.63, 3.8) is 0 Å². The second-order valence-electron chi connectivity index (χ2n) is 8.03. The number of carbonyl (C=O) groups excluding carboxylic acids is 1. The van der Waals surface area contributed by atoms with Crippen molar-refractivity contribution in [1.29, 1.82) is 0 Å². The number of nitrogens with two attached hydrogens (primary N) is 1. The predicted octanol–water partition coefficient (Wildman–Crippen LogP) is 2.24. The van der Waals surface area contributed by atoms with Crippen molar-refractivity contribution in [2.45, 2.75) is 57.8 Å². The van der Waals surface area contributed by atoms with Gasteiger partial charge in [-0.05, 0) is 18.4 Å². The number of aliphatic hydroxyl groups is 1. The number of benzene rings is 1. The number of hydrogen-bond donors (Lipinski definition) is 3. The molecular formula is C20H32N2O4. The average molecular weight is 364 g/mol. The first-order valence-corrected chi connectivity index (χ1v) is 9.26. The molecule has 146 valence electrons. The summed E-state index contributed by atoms with van der Waals surface area (Å²) in [5.41, 5.74) is 4.72. The van der Waals surface area contributed by atoms with Crippen LogP contribution in [0.5, 0.6) is 0 Å². The molecule has 1 aromatic rings. The number of aliphatic hydroxyl groups excluding tert-OH is 1. The van der Waals surface area contributed by atoms with Crippen molar-refractivity contribution in [2.24, 2.45) is 11.1 Å². The zero-order chi connectivity index (χ0) is 19.2. The molecule has 2 rings (SSSR count). The molecule has 6 nitrogen and oxygen atoms in total. The van der Waals surface area contributed by atoms with Gasteiger partial charge >= 0.3 is 6.09 Å². The average Bonchev–Trinajstić information content (AvgIpc) is 2.59. The maximum absolute atomic E-state index is 11.7. The van der Waals surface area contributed by atoms with Crippen molar-refractivity contribution >= 4 is 6.09 Å². The molecule has 6 heteroatoms. The Morgan fingerprint density at radius 1 is 1.31 bits per heavy atom. The van der Waals surface area contributed by atoms with E-state index in [0.717, 1.165) is 31.6 Å². The van der Waals surface area contributed by atoms with Crippen LogP contribution in [0.4, 0.5) is 4.79 Å². The fourth-order valence-corrected chi connectivity index (χ4v) is 3.56. The molecule has 26 heavy (non-hydrogen) atoms. The maximum atomic E-state index is 11.7. The minimum Gasteiger partial charge on any atom is -0.439 e. The monoisotopic (exact) mass is 364 g/mol. The fourth-order valence-electron chi connectivity index (χ4n) is 3.56. The van der Waals surface area contributed by atoms with E-state index in [1.807, 2.05) is 51.1 Å². The second kappa shape index (κ2) is 8.84. The quantitative estimate of drug-likeness (QED) is 0.690. The van der Waals surface area contributed by atoms with E-state index in [4.69, 9.17) is 15.2 Å². The second-order valence-corrected chi connectivity index (χ2v) is 8.03. The van der Waals surface area contributed by atoms with Gasteiger partial charge < -0.3 is 25.6 Å². The van der Waals surface area contributed by atoms with Crippen LogP contribution >= 0.6 is 0 Å². The van der Waals surface area contributed by atoms with Crippen molar-refractivity contribution in [2.75, 3.05) is 19.8 Å². The number of rotatable bonds is 7. The van der Waals surface area contributed by atoms with Crippen molar-refractivity contribution in [1.82, 2.24) is 5.32 Å². The van der Waals surface area contributed by atoms with Gasteiger partial charge in [-0.2, -0.15) is 0 Å². The molecule has 1 fully saturated rings. The summed E-state index contributed by atoms with van der Waals surface area (Å²) < 4.78 is 11.0. The summed E-state index contributed by atoms with van der Waals surface area (Å²) in [6.07, 6.45) is 0.422. The van der Waals surface area contributed by atoms with E-state index in [-0.39, 0.29) is 0 Å². The molecule has 0 spiro atoms. The van der Waals surface area contributed by atoms with Gasteiger partial charge in [-0.25, -0.2) is 4.79 Å². The molecule has 1 amide bonds. The summed E-state index contributed by atoms with van der Waals surface area (Å²) in [6.45, 7) is 7.63. The number of hydrogen-bond acceptors (Lipinski definition) is 5. The van der Waals surface area contributed by atoms with Crippen molar-refractivity contribution in [3.8, 4) is 0 Å². The van der Waals surface area contributed by atoms with Gasteiger partial charge in [-0.15, -0.1) is 0 Å². The predicted molar refractivity (Wildman–Crippen MR) is 101 cm³/mol. The number of carbonyl (C=O) groups is 1. The lowest BCUT2D eigenvalue weighted by Gasteiger charge is -2.47. The van der Waals surface area contributed by atoms with Crippen LogP contribution < -0.4 is 11.1 Å². The summed E-state index contributed by atoms with van der Waals surface area (Å²) >= 11 is 0. The van der Waals surface area contributed by atoms with Crippen LogP contribution in [0.25, 0.3) is 0 Å². The minimum atomic E-state index is -1.14. The standard InChI is InChI=1S/C20H32N2O4/c1-19(2,3)20(26-18(21)24,13-15-7-5-4-6-8-15)17(23)14-22-16-9-11-25-12-10-16/h4-8,16-17,22-23H,9-14H2,1-3H3,(H2,21,24)/t17-,20-/m1/s1. The molecule has 1 saturated heterocycles. The van der Waals surface area contributed by atoms with Crippen LogP contribution in [0.15, 0.2) is 30.3 Å². The summed E-state index contributed by atoms with van der Waals surface area (Å²) in [6, 6.07) is 10.0. The van der Waals surface area contributed by atoms with E-state index < -0.39 is 23.2 Å². The highest BCUT2D eigenvalue weighted by Crippen LogP contribution is 2.40. The van der Waals surface area contributed by atoms with E-state index in [1.165, 1.54) is 0 Å². The van der Waals surface area contributed by atoms with E-state index in [1.54, 1.807) is 0 Å². The molecule has 0 radical (unpaired) electrons. The highest BCUT2D eigenvalue weighted by Gasteiger charge is 2.51. The molecule has 1 aromatic carbocycles. The Labute approximate surface area is 156 Å². The molecule has 0 aliphatic carbocycles. The van der Waals surface area contributed by atoms with E-state index in [2.05, 4.69) is 5.32 Å². The highest BCUT2D eigenvalue weighted by atomic mass is 16.6. The molecule has 1 aliphatic heterocycles. The Kier molecular flexibility index (Phi) is 7.03. The van der Waals surface area contributed by atoms with Gasteiger partial charge in [0.05, 0.1) is 0 Å². The van der Waals surface area contributed by atoms with Gasteiger partial charge in [-0.3, -0.25) is 0 Å². The van der Waals surface area contributed by atoms with Gasteiger partial charge in [0, 0.05) is 37.6 Å². The molecule has 1 heterocycles. The van der Waals surface area contributed by atoms with E-state index in [9.17, 15) is 9.90 Å². The van der Waals surface area contributed by atoms with Crippen molar-refractivity contribution < 1.29 is 19.4 Å². The van der Waals surface area contributed by atoms with Gasteiger partial charge in [0.2, 0.25) is 0 Å².